The van der Waals surface area contributed by atoms with Gasteiger partial charge in [0.05, 0.1) is 12.5 Å². The molecule has 0 bridgehead atoms. The SMILES string of the molecule is CN(CCC#N)c1cc(C(F)(F)F)nc(-c2ccccn2)n1. The molecule has 0 fully saturated rings. The Bertz CT molecular complexity index is 679. The highest BCUT2D eigenvalue weighted by Crippen LogP contribution is 2.31. The first-order valence-corrected chi connectivity index (χ1v) is 6.37. The van der Waals surface area contributed by atoms with Crippen LogP contribution < -0.4 is 4.90 Å². The summed E-state index contributed by atoms with van der Waals surface area (Å²) in [5.41, 5.74) is -0.787. The van der Waals surface area contributed by atoms with E-state index in [0.29, 0.717) is 0 Å². The van der Waals surface area contributed by atoms with Crippen molar-refractivity contribution in [2.75, 3.05) is 18.5 Å². The van der Waals surface area contributed by atoms with Crippen LogP contribution in [0.25, 0.3) is 11.5 Å². The summed E-state index contributed by atoms with van der Waals surface area (Å²) in [5, 5.41) is 8.58. The van der Waals surface area contributed by atoms with Crippen LogP contribution in [0.15, 0.2) is 30.5 Å². The van der Waals surface area contributed by atoms with Gasteiger partial charge in [-0.3, -0.25) is 4.98 Å². The van der Waals surface area contributed by atoms with Crippen molar-refractivity contribution in [3.63, 3.8) is 0 Å². The topological polar surface area (TPSA) is 65.7 Å². The molecule has 0 N–H and O–H groups in total. The lowest BCUT2D eigenvalue weighted by atomic mass is 10.3. The number of pyridine rings is 1. The van der Waals surface area contributed by atoms with Crippen molar-refractivity contribution < 1.29 is 13.2 Å². The Labute approximate surface area is 125 Å². The zero-order valence-corrected chi connectivity index (χ0v) is 11.7. The lowest BCUT2D eigenvalue weighted by Gasteiger charge is -2.18. The molecular weight excluding hydrogens is 295 g/mol. The summed E-state index contributed by atoms with van der Waals surface area (Å²) in [7, 11) is 1.57. The molecule has 2 heterocycles. The molecule has 0 unspecified atom stereocenters. The van der Waals surface area contributed by atoms with Crippen molar-refractivity contribution in [1.82, 2.24) is 15.0 Å². The molecule has 0 aromatic carbocycles. The summed E-state index contributed by atoms with van der Waals surface area (Å²) >= 11 is 0. The molecule has 0 spiro atoms. The molecule has 114 valence electrons. The highest BCUT2D eigenvalue weighted by atomic mass is 19.4. The molecule has 0 amide bonds. The Morgan fingerprint density at radius 2 is 2.05 bits per heavy atom. The van der Waals surface area contributed by atoms with Crippen LogP contribution in [0.3, 0.4) is 0 Å². The van der Waals surface area contributed by atoms with Gasteiger partial charge in [0.15, 0.2) is 11.5 Å². The Morgan fingerprint density at radius 1 is 1.27 bits per heavy atom. The first kappa shape index (κ1) is 15.7. The Kier molecular flexibility index (Phi) is 4.56. The molecular formula is C14H12F3N5. The van der Waals surface area contributed by atoms with Gasteiger partial charge < -0.3 is 4.90 Å². The van der Waals surface area contributed by atoms with Gasteiger partial charge in [0.2, 0.25) is 0 Å². The second-order valence-electron chi connectivity index (χ2n) is 4.48. The first-order chi connectivity index (χ1) is 10.4. The van der Waals surface area contributed by atoms with Gasteiger partial charge in [-0.2, -0.15) is 18.4 Å². The molecule has 8 heteroatoms. The van der Waals surface area contributed by atoms with Crippen molar-refractivity contribution >= 4 is 5.82 Å². The standard InChI is InChI=1S/C14H12F3N5/c1-22(8-4-6-18)12-9-11(14(15,16)17)20-13(21-12)10-5-2-3-7-19-10/h2-3,5,7,9H,4,8H2,1H3. The van der Waals surface area contributed by atoms with Gasteiger partial charge in [-0.05, 0) is 12.1 Å². The molecule has 2 rings (SSSR count). The van der Waals surface area contributed by atoms with Gasteiger partial charge >= 0.3 is 6.18 Å². The number of hydrogen-bond donors (Lipinski definition) is 0. The third-order valence-corrected chi connectivity index (χ3v) is 2.85. The quantitative estimate of drug-likeness (QED) is 0.869. The molecule has 0 aliphatic rings. The third kappa shape index (κ3) is 3.69. The maximum Gasteiger partial charge on any atom is 0.433 e. The Hall–Kier alpha value is -2.69. The highest BCUT2D eigenvalue weighted by molar-refractivity contribution is 5.53. The molecule has 0 aliphatic carbocycles. The van der Waals surface area contributed by atoms with Crippen LogP contribution in [0.2, 0.25) is 0 Å². The van der Waals surface area contributed by atoms with Crippen LogP contribution in [0.5, 0.6) is 0 Å². The molecule has 0 radical (unpaired) electrons. The number of hydrogen-bond acceptors (Lipinski definition) is 5. The molecule has 2 aromatic rings. The van der Waals surface area contributed by atoms with E-state index in [0.717, 1.165) is 6.07 Å². The minimum Gasteiger partial charge on any atom is -0.359 e. The number of anilines is 1. The van der Waals surface area contributed by atoms with Crippen LogP contribution in [-0.2, 0) is 6.18 Å². The van der Waals surface area contributed by atoms with Gasteiger partial charge in [0.1, 0.15) is 11.5 Å². The Morgan fingerprint density at radius 3 is 2.64 bits per heavy atom. The smallest absolute Gasteiger partial charge is 0.359 e. The summed E-state index contributed by atoms with van der Waals surface area (Å²) in [6.45, 7) is 0.270. The summed E-state index contributed by atoms with van der Waals surface area (Å²) in [6.07, 6.45) is -2.95. The summed E-state index contributed by atoms with van der Waals surface area (Å²) in [5.74, 6) is -0.00698. The third-order valence-electron chi connectivity index (χ3n) is 2.85. The van der Waals surface area contributed by atoms with Gasteiger partial charge in [0.25, 0.3) is 0 Å². The maximum absolute atomic E-state index is 13.0. The largest absolute Gasteiger partial charge is 0.433 e. The number of nitrogens with zero attached hydrogens (tertiary/aromatic N) is 5. The highest BCUT2D eigenvalue weighted by Gasteiger charge is 2.34. The van der Waals surface area contributed by atoms with E-state index in [1.165, 1.54) is 17.2 Å². The van der Waals surface area contributed by atoms with Crippen molar-refractivity contribution in [3.05, 3.63) is 36.2 Å². The molecule has 0 atom stereocenters. The lowest BCUT2D eigenvalue weighted by molar-refractivity contribution is -0.141. The van der Waals surface area contributed by atoms with Crippen LogP contribution in [0, 0.1) is 11.3 Å². The fraction of sp³-hybridized carbons (Fsp3) is 0.286. The average molecular weight is 307 g/mol. The lowest BCUT2D eigenvalue weighted by Crippen LogP contribution is -2.21. The van der Waals surface area contributed by atoms with E-state index in [9.17, 15) is 13.2 Å². The number of alkyl halides is 3. The summed E-state index contributed by atoms with van der Waals surface area (Å²) < 4.78 is 39.0. The molecule has 0 saturated carbocycles. The van der Waals surface area contributed by atoms with E-state index >= 15 is 0 Å². The summed E-state index contributed by atoms with van der Waals surface area (Å²) in [6, 6.07) is 7.63. The van der Waals surface area contributed by atoms with E-state index in [2.05, 4.69) is 15.0 Å². The molecule has 0 saturated heterocycles. The zero-order chi connectivity index (χ0) is 16.2. The van der Waals surface area contributed by atoms with Crippen molar-refractivity contribution in [1.29, 1.82) is 5.26 Å². The minimum absolute atomic E-state index is 0.0956. The fourth-order valence-electron chi connectivity index (χ4n) is 1.72. The second-order valence-corrected chi connectivity index (χ2v) is 4.48. The van der Waals surface area contributed by atoms with E-state index in [4.69, 9.17) is 5.26 Å². The van der Waals surface area contributed by atoms with Crippen LogP contribution >= 0.6 is 0 Å². The van der Waals surface area contributed by atoms with Crippen LogP contribution in [-0.4, -0.2) is 28.5 Å². The molecule has 0 aliphatic heterocycles. The van der Waals surface area contributed by atoms with Crippen molar-refractivity contribution in [2.24, 2.45) is 0 Å². The number of rotatable bonds is 4. The van der Waals surface area contributed by atoms with Crippen molar-refractivity contribution in [2.45, 2.75) is 12.6 Å². The molecule has 5 nitrogen and oxygen atoms in total. The minimum atomic E-state index is -4.59. The fourth-order valence-corrected chi connectivity index (χ4v) is 1.72. The monoisotopic (exact) mass is 307 g/mol. The van der Waals surface area contributed by atoms with Gasteiger partial charge in [-0.1, -0.05) is 6.07 Å². The number of nitriles is 1. The number of halogens is 3. The number of aromatic nitrogens is 3. The van der Waals surface area contributed by atoms with E-state index in [-0.39, 0.29) is 30.3 Å². The van der Waals surface area contributed by atoms with Gasteiger partial charge in [-0.25, -0.2) is 9.97 Å². The van der Waals surface area contributed by atoms with E-state index in [1.54, 1.807) is 19.2 Å². The maximum atomic E-state index is 13.0. The van der Waals surface area contributed by atoms with Crippen LogP contribution in [0.4, 0.5) is 19.0 Å². The second kappa shape index (κ2) is 6.39. The normalized spacial score (nSPS) is 11.0. The predicted octanol–water partition coefficient (Wildman–Crippen LogP) is 2.91. The van der Waals surface area contributed by atoms with Gasteiger partial charge in [0, 0.05) is 25.9 Å². The molecule has 2 aromatic heterocycles. The van der Waals surface area contributed by atoms with Gasteiger partial charge in [-0.15, -0.1) is 0 Å². The van der Waals surface area contributed by atoms with Crippen LogP contribution in [0.1, 0.15) is 12.1 Å². The first-order valence-electron chi connectivity index (χ1n) is 6.37. The predicted molar refractivity (Wildman–Crippen MR) is 73.8 cm³/mol. The Balaban J connectivity index is 2.48. The zero-order valence-electron chi connectivity index (χ0n) is 11.7. The van der Waals surface area contributed by atoms with Crippen molar-refractivity contribution in [3.8, 4) is 17.6 Å². The average Bonchev–Trinajstić information content (AvgIpc) is 2.52. The van der Waals surface area contributed by atoms with E-state index in [1.807, 2.05) is 6.07 Å². The summed E-state index contributed by atoms with van der Waals surface area (Å²) in [4.78, 5) is 13.1. The van der Waals surface area contributed by atoms with E-state index < -0.39 is 11.9 Å². The molecule has 22 heavy (non-hydrogen) atoms.